The van der Waals surface area contributed by atoms with Crippen LogP contribution in [0.15, 0.2) is 0 Å². The average Bonchev–Trinajstić information content (AvgIpc) is 2.76. The molecule has 228 valence electrons. The first-order valence-corrected chi connectivity index (χ1v) is 14.4. The second-order valence-corrected chi connectivity index (χ2v) is 13.4. The zero-order valence-corrected chi connectivity index (χ0v) is 22.2. The number of hydrogen-bond acceptors (Lipinski definition) is 10. The lowest BCUT2D eigenvalue weighted by Crippen LogP contribution is -2.52. The molecule has 0 bridgehead atoms. The summed E-state index contributed by atoms with van der Waals surface area (Å²) in [5.41, 5.74) is -1.45. The lowest BCUT2D eigenvalue weighted by molar-refractivity contribution is -0.212. The van der Waals surface area contributed by atoms with Crippen molar-refractivity contribution < 1.29 is 77.0 Å². The van der Waals surface area contributed by atoms with Crippen LogP contribution in [0.2, 0.25) is 0 Å². The van der Waals surface area contributed by atoms with Gasteiger partial charge in [0.15, 0.2) is 6.29 Å². The third-order valence-corrected chi connectivity index (χ3v) is 10.6. The van der Waals surface area contributed by atoms with E-state index in [0.29, 0.717) is 12.8 Å². The predicted molar refractivity (Wildman–Crippen MR) is 119 cm³/mol. The number of ether oxygens (including phenoxy) is 3. The number of aliphatic hydroxyl groups is 1. The Bertz CT molecular complexity index is 980. The van der Waals surface area contributed by atoms with E-state index in [1.807, 2.05) is 0 Å². The van der Waals surface area contributed by atoms with E-state index in [1.165, 1.54) is 0 Å². The number of rotatable bonds is 10. The number of halogens is 8. The molecule has 2 fully saturated rings. The summed E-state index contributed by atoms with van der Waals surface area (Å²) in [5.74, 6) is -4.61. The van der Waals surface area contributed by atoms with E-state index in [1.54, 1.807) is 0 Å². The van der Waals surface area contributed by atoms with Crippen LogP contribution in [-0.2, 0) is 33.9 Å². The molecule has 1 aliphatic carbocycles. The second kappa shape index (κ2) is 12.4. The van der Waals surface area contributed by atoms with Crippen LogP contribution in [0.25, 0.3) is 0 Å². The van der Waals surface area contributed by atoms with Crippen LogP contribution in [0.4, 0.5) is 35.1 Å². The van der Waals surface area contributed by atoms with E-state index in [4.69, 9.17) is 18.8 Å². The number of carbonyl (C=O) groups is 2. The molecule has 9 nitrogen and oxygen atoms in total. The van der Waals surface area contributed by atoms with Gasteiger partial charge in [0.1, 0.15) is 19.1 Å². The highest BCUT2D eigenvalue weighted by molar-refractivity contribution is 8.19. The molecule has 1 aliphatic heterocycles. The van der Waals surface area contributed by atoms with E-state index in [-0.39, 0.29) is 24.3 Å². The van der Waals surface area contributed by atoms with E-state index >= 15 is 0 Å². The highest BCUT2D eigenvalue weighted by atomic mass is 32.2. The normalized spacial score (nSPS) is 27.7. The Morgan fingerprint density at radius 1 is 0.974 bits per heavy atom. The number of hydrogen-bond donors (Lipinski definition) is 2. The van der Waals surface area contributed by atoms with Gasteiger partial charge in [-0.1, -0.05) is 6.42 Å². The van der Waals surface area contributed by atoms with Gasteiger partial charge in [0.05, 0.1) is 17.1 Å². The van der Waals surface area contributed by atoms with Crippen molar-refractivity contribution in [1.82, 2.24) is 0 Å². The van der Waals surface area contributed by atoms with Crippen molar-refractivity contribution in [2.24, 2.45) is 5.41 Å². The van der Waals surface area contributed by atoms with Crippen LogP contribution in [0, 0.1) is 5.41 Å². The summed E-state index contributed by atoms with van der Waals surface area (Å²) in [6, 6.07) is 0. The minimum Gasteiger partial charge on any atom is -0.465 e. The topological polar surface area (TPSA) is 136 Å². The Labute approximate surface area is 225 Å². The number of carbonyl (C=O) groups excluding carboxylic acids is 2. The summed E-state index contributed by atoms with van der Waals surface area (Å²) in [6.45, 7) is -1.47. The van der Waals surface area contributed by atoms with Crippen LogP contribution in [0.1, 0.15) is 38.5 Å². The van der Waals surface area contributed by atoms with Crippen molar-refractivity contribution in [1.29, 1.82) is 0 Å². The van der Waals surface area contributed by atoms with Gasteiger partial charge >= 0.3 is 39.7 Å². The van der Waals surface area contributed by atoms with Crippen molar-refractivity contribution in [2.45, 2.75) is 72.6 Å². The van der Waals surface area contributed by atoms with Gasteiger partial charge < -0.3 is 19.3 Å². The summed E-state index contributed by atoms with van der Waals surface area (Å²) in [5, 5.41) is 4.32. The number of alkyl halides is 8. The largest absolute Gasteiger partial charge is 0.465 e. The summed E-state index contributed by atoms with van der Waals surface area (Å²) >= 11 is 1.85. The first-order chi connectivity index (χ1) is 17.6. The highest BCUT2D eigenvalue weighted by Crippen LogP contribution is 2.56. The fourth-order valence-corrected chi connectivity index (χ4v) is 7.68. The molecule has 0 aromatic rings. The molecule has 39 heavy (non-hydrogen) atoms. The van der Waals surface area contributed by atoms with Crippen LogP contribution >= 0.6 is 23.5 Å². The van der Waals surface area contributed by atoms with E-state index in [2.05, 4.69) is 0 Å². The molecule has 2 rings (SSSR count). The molecule has 1 saturated heterocycles. The maximum atomic E-state index is 13.8. The standard InChI is InChI=1S/C19H24F8O9S3/c20-17(21,22)5-12(28)34-7-15(8-35-13(29)6-18(23,24)25)9-37-16(38-10-15)4-2-1-3-11(16)36-14(30)19(26,27)39(31,32)33/h11-12,28H,1-10H2,(H,31,32,33). The zero-order chi connectivity index (χ0) is 29.9. The lowest BCUT2D eigenvalue weighted by Gasteiger charge is -2.49. The maximum absolute atomic E-state index is 13.8. The fraction of sp³-hybridized carbons (Fsp3) is 0.895. The van der Waals surface area contributed by atoms with Crippen LogP contribution < -0.4 is 0 Å². The molecule has 0 aromatic carbocycles. The molecule has 0 amide bonds. The van der Waals surface area contributed by atoms with Gasteiger partial charge in [0.2, 0.25) is 0 Å². The van der Waals surface area contributed by atoms with Crippen LogP contribution in [-0.4, -0.2) is 88.8 Å². The molecule has 2 N–H and O–H groups in total. The van der Waals surface area contributed by atoms with Gasteiger partial charge in [-0.25, -0.2) is 4.79 Å². The fourth-order valence-electron chi connectivity index (χ4n) is 3.68. The summed E-state index contributed by atoms with van der Waals surface area (Å²) in [4.78, 5) is 23.5. The second-order valence-electron chi connectivity index (χ2n) is 9.06. The Kier molecular flexibility index (Phi) is 10.9. The van der Waals surface area contributed by atoms with Crippen molar-refractivity contribution in [2.75, 3.05) is 24.7 Å². The van der Waals surface area contributed by atoms with Gasteiger partial charge in [0, 0.05) is 16.9 Å². The smallest absolute Gasteiger partial charge is 0.465 e. The Morgan fingerprint density at radius 3 is 2.08 bits per heavy atom. The molecule has 1 spiro atoms. The molecule has 20 heteroatoms. The van der Waals surface area contributed by atoms with Crippen LogP contribution in [0.3, 0.4) is 0 Å². The number of thioether (sulfide) groups is 2. The minimum atomic E-state index is -6.14. The van der Waals surface area contributed by atoms with Crippen molar-refractivity contribution >= 4 is 45.6 Å². The first-order valence-electron chi connectivity index (χ1n) is 11.0. The summed E-state index contributed by atoms with van der Waals surface area (Å²) in [6.07, 6.45) is -16.0. The van der Waals surface area contributed by atoms with E-state index in [9.17, 15) is 58.2 Å². The van der Waals surface area contributed by atoms with Crippen molar-refractivity contribution in [3.63, 3.8) is 0 Å². The molecule has 2 aliphatic rings. The van der Waals surface area contributed by atoms with Gasteiger partial charge in [-0.3, -0.25) is 9.35 Å². The predicted octanol–water partition coefficient (Wildman–Crippen LogP) is 3.90. The molecular formula is C19H24F8O9S3. The Hall–Kier alpha value is -1.09. The zero-order valence-electron chi connectivity index (χ0n) is 19.7. The molecule has 0 aromatic heterocycles. The molecule has 2 unspecified atom stereocenters. The Balaban J connectivity index is 2.19. The lowest BCUT2D eigenvalue weighted by atomic mass is 9.94. The third kappa shape index (κ3) is 9.75. The highest BCUT2D eigenvalue weighted by Gasteiger charge is 2.58. The number of aliphatic hydroxyl groups excluding tert-OH is 1. The summed E-state index contributed by atoms with van der Waals surface area (Å²) < 4.78 is 146. The molecule has 1 saturated carbocycles. The SMILES string of the molecule is O=C(CC(F)(F)F)OCC1(COC(O)CC(F)(F)F)CSC2(CCCCC2OC(=O)C(F)(F)S(=O)(=O)O)SC1. The minimum absolute atomic E-state index is 0.00165. The quantitative estimate of drug-likeness (QED) is 0.155. The molecule has 2 atom stereocenters. The van der Waals surface area contributed by atoms with Gasteiger partial charge in [0.25, 0.3) is 0 Å². The molecule has 0 radical (unpaired) electrons. The van der Waals surface area contributed by atoms with Crippen molar-refractivity contribution in [3.05, 3.63) is 0 Å². The van der Waals surface area contributed by atoms with Crippen LogP contribution in [0.5, 0.6) is 0 Å². The Morgan fingerprint density at radius 2 is 1.56 bits per heavy atom. The van der Waals surface area contributed by atoms with Crippen molar-refractivity contribution in [3.8, 4) is 0 Å². The molecule has 1 heterocycles. The molecular weight excluding hydrogens is 620 g/mol. The van der Waals surface area contributed by atoms with E-state index in [0.717, 1.165) is 23.5 Å². The maximum Gasteiger partial charge on any atom is 0.465 e. The van der Waals surface area contributed by atoms with Gasteiger partial charge in [-0.2, -0.15) is 43.5 Å². The van der Waals surface area contributed by atoms with E-state index < -0.39 is 87.6 Å². The average molecular weight is 645 g/mol. The monoisotopic (exact) mass is 644 g/mol. The van der Waals surface area contributed by atoms with Gasteiger partial charge in [-0.05, 0) is 19.3 Å². The third-order valence-electron chi connectivity index (χ3n) is 5.66. The summed E-state index contributed by atoms with van der Waals surface area (Å²) in [7, 11) is -6.14. The first kappa shape index (κ1) is 34.1. The number of esters is 2. The van der Waals surface area contributed by atoms with Gasteiger partial charge in [-0.15, -0.1) is 23.5 Å².